The van der Waals surface area contributed by atoms with Crippen molar-refractivity contribution in [3.63, 3.8) is 0 Å². The third-order valence-corrected chi connectivity index (χ3v) is 4.34. The van der Waals surface area contributed by atoms with E-state index < -0.39 is 18.2 Å². The van der Waals surface area contributed by atoms with E-state index in [0.29, 0.717) is 6.42 Å². The van der Waals surface area contributed by atoms with E-state index in [2.05, 4.69) is 11.7 Å². The van der Waals surface area contributed by atoms with Gasteiger partial charge in [-0.2, -0.15) is 0 Å². The van der Waals surface area contributed by atoms with Crippen molar-refractivity contribution in [1.82, 2.24) is 0 Å². The molecular weight excluding hydrogens is 308 g/mol. The second-order valence-electron chi connectivity index (χ2n) is 6.60. The van der Waals surface area contributed by atoms with Crippen molar-refractivity contribution >= 4 is 12.1 Å². The van der Waals surface area contributed by atoms with Crippen LogP contribution >= 0.6 is 0 Å². The minimum atomic E-state index is -1.52. The Morgan fingerprint density at radius 1 is 0.708 bits per heavy atom. The summed E-state index contributed by atoms with van der Waals surface area (Å²) in [6.45, 7) is 2.24. The summed E-state index contributed by atoms with van der Waals surface area (Å²) in [7, 11) is 0. The molecule has 24 heavy (non-hydrogen) atoms. The highest BCUT2D eigenvalue weighted by Crippen LogP contribution is 2.14. The second-order valence-corrected chi connectivity index (χ2v) is 6.60. The zero-order valence-corrected chi connectivity index (χ0v) is 15.3. The van der Waals surface area contributed by atoms with E-state index in [1.807, 2.05) is 0 Å². The summed E-state index contributed by atoms with van der Waals surface area (Å²) in [5.41, 5.74) is 0. The number of ether oxygens (including phenoxy) is 1. The van der Waals surface area contributed by atoms with E-state index >= 15 is 0 Å². The van der Waals surface area contributed by atoms with Gasteiger partial charge in [0.05, 0.1) is 0 Å². The molecule has 0 amide bonds. The fourth-order valence-corrected chi connectivity index (χ4v) is 2.88. The summed E-state index contributed by atoms with van der Waals surface area (Å²) in [4.78, 5) is 21.2. The molecule has 5 nitrogen and oxygen atoms in total. The molecule has 0 aromatic rings. The molecule has 0 rings (SSSR count). The molecule has 1 unspecified atom stereocenters. The van der Waals surface area contributed by atoms with Crippen LogP contribution < -0.4 is 0 Å². The molecule has 0 spiro atoms. The Kier molecular flexibility index (Phi) is 15.7. The number of carbonyl (C=O) groups is 2. The minimum absolute atomic E-state index is 0.264. The average Bonchev–Trinajstić information content (AvgIpc) is 2.53. The van der Waals surface area contributed by atoms with Crippen molar-refractivity contribution in [1.29, 1.82) is 0 Å². The Labute approximate surface area is 146 Å². The van der Waals surface area contributed by atoms with Gasteiger partial charge in [0.15, 0.2) is 0 Å². The van der Waals surface area contributed by atoms with Crippen molar-refractivity contribution in [2.45, 2.75) is 109 Å². The molecule has 0 aliphatic heterocycles. The van der Waals surface area contributed by atoms with Crippen LogP contribution in [-0.4, -0.2) is 28.4 Å². The number of carboxylic acids is 1. The van der Waals surface area contributed by atoms with Gasteiger partial charge < -0.3 is 14.9 Å². The second kappa shape index (κ2) is 16.6. The van der Waals surface area contributed by atoms with Crippen LogP contribution in [0.5, 0.6) is 0 Å². The molecule has 0 radical (unpaired) electrons. The van der Waals surface area contributed by atoms with Crippen LogP contribution in [0, 0.1) is 0 Å². The molecule has 0 saturated carbocycles. The Balaban J connectivity index is 3.30. The number of unbranched alkanes of at least 4 members (excludes halogenated alkanes) is 13. The van der Waals surface area contributed by atoms with E-state index in [4.69, 9.17) is 10.2 Å². The monoisotopic (exact) mass is 344 g/mol. The highest BCUT2D eigenvalue weighted by molar-refractivity contribution is 5.75. The Bertz CT molecular complexity index is 317. The van der Waals surface area contributed by atoms with Gasteiger partial charge in [-0.3, -0.25) is 0 Å². The normalized spacial score (nSPS) is 12.0. The van der Waals surface area contributed by atoms with Crippen LogP contribution in [0.15, 0.2) is 0 Å². The van der Waals surface area contributed by atoms with Crippen LogP contribution in [0.25, 0.3) is 0 Å². The molecular formula is C19H36O5. The molecule has 0 saturated heterocycles. The van der Waals surface area contributed by atoms with Gasteiger partial charge in [0.1, 0.15) is 0 Å². The number of hydrogen-bond donors (Lipinski definition) is 2. The molecule has 142 valence electrons. The third kappa shape index (κ3) is 15.6. The summed E-state index contributed by atoms with van der Waals surface area (Å²) in [6.07, 6.45) is 14.8. The summed E-state index contributed by atoms with van der Waals surface area (Å²) < 4.78 is 4.34. The Morgan fingerprint density at radius 2 is 1.08 bits per heavy atom. The van der Waals surface area contributed by atoms with Crippen LogP contribution in [-0.2, 0) is 9.53 Å². The molecule has 0 aromatic carbocycles. The van der Waals surface area contributed by atoms with Crippen LogP contribution in [0.1, 0.15) is 103 Å². The van der Waals surface area contributed by atoms with Crippen LogP contribution in [0.3, 0.4) is 0 Å². The lowest BCUT2D eigenvalue weighted by atomic mass is 10.0. The number of hydrogen-bond acceptors (Lipinski definition) is 3. The van der Waals surface area contributed by atoms with E-state index in [0.717, 1.165) is 12.8 Å². The van der Waals surface area contributed by atoms with E-state index in [9.17, 15) is 9.59 Å². The van der Waals surface area contributed by atoms with Crippen molar-refractivity contribution in [3.05, 3.63) is 0 Å². The molecule has 0 bridgehead atoms. The lowest BCUT2D eigenvalue weighted by molar-refractivity contribution is -0.148. The topological polar surface area (TPSA) is 83.8 Å². The van der Waals surface area contributed by atoms with Gasteiger partial charge in [-0.1, -0.05) is 90.4 Å². The highest BCUT2D eigenvalue weighted by atomic mass is 16.7. The average molecular weight is 344 g/mol. The summed E-state index contributed by atoms with van der Waals surface area (Å²) in [5.74, 6) is -1.20. The number of aliphatic carboxylic acids is 1. The van der Waals surface area contributed by atoms with Gasteiger partial charge in [-0.25, -0.2) is 9.59 Å². The molecule has 0 aromatic heterocycles. The quantitative estimate of drug-likeness (QED) is 0.249. The smallest absolute Gasteiger partial charge is 0.479 e. The lowest BCUT2D eigenvalue weighted by Crippen LogP contribution is -2.26. The third-order valence-electron chi connectivity index (χ3n) is 4.34. The molecule has 0 aliphatic carbocycles. The van der Waals surface area contributed by atoms with E-state index in [1.54, 1.807) is 0 Å². The zero-order valence-electron chi connectivity index (χ0n) is 15.3. The fraction of sp³-hybridized carbons (Fsp3) is 0.895. The van der Waals surface area contributed by atoms with Gasteiger partial charge in [0, 0.05) is 0 Å². The van der Waals surface area contributed by atoms with Crippen molar-refractivity contribution < 1.29 is 24.5 Å². The SMILES string of the molecule is CCCCCCCCCCCCCCCCC(OC(=O)O)C(=O)O. The maximum absolute atomic E-state index is 10.8. The van der Waals surface area contributed by atoms with Gasteiger partial charge in [0.2, 0.25) is 6.10 Å². The first-order valence-corrected chi connectivity index (χ1v) is 9.70. The largest absolute Gasteiger partial charge is 0.506 e. The predicted molar refractivity (Wildman–Crippen MR) is 95.5 cm³/mol. The van der Waals surface area contributed by atoms with Crippen LogP contribution in [0.4, 0.5) is 4.79 Å². The predicted octanol–water partition coefficient (Wildman–Crippen LogP) is 6.01. The summed E-state index contributed by atoms with van der Waals surface area (Å²) >= 11 is 0. The number of rotatable bonds is 17. The Morgan fingerprint density at radius 3 is 1.42 bits per heavy atom. The van der Waals surface area contributed by atoms with Crippen molar-refractivity contribution in [2.24, 2.45) is 0 Å². The van der Waals surface area contributed by atoms with Gasteiger partial charge in [-0.05, 0) is 12.8 Å². The fourth-order valence-electron chi connectivity index (χ4n) is 2.88. The van der Waals surface area contributed by atoms with Gasteiger partial charge in [-0.15, -0.1) is 0 Å². The maximum Gasteiger partial charge on any atom is 0.506 e. The van der Waals surface area contributed by atoms with Crippen molar-refractivity contribution in [3.8, 4) is 0 Å². The lowest BCUT2D eigenvalue weighted by Gasteiger charge is -2.10. The molecule has 1 atom stereocenters. The minimum Gasteiger partial charge on any atom is -0.479 e. The summed E-state index contributed by atoms with van der Waals surface area (Å²) in [5, 5.41) is 17.3. The van der Waals surface area contributed by atoms with Gasteiger partial charge >= 0.3 is 12.1 Å². The zero-order chi connectivity index (χ0) is 18.0. The first-order valence-electron chi connectivity index (χ1n) is 9.70. The first-order chi connectivity index (χ1) is 11.6. The standard InChI is InChI=1S/C19H36O5/c1-2-3-4-5-6-7-8-9-10-11-12-13-14-15-16-17(18(20)21)24-19(22)23/h17H,2-16H2,1H3,(H,20,21)(H,22,23). The summed E-state index contributed by atoms with van der Waals surface area (Å²) in [6, 6.07) is 0. The van der Waals surface area contributed by atoms with E-state index in [-0.39, 0.29) is 6.42 Å². The van der Waals surface area contributed by atoms with Crippen LogP contribution in [0.2, 0.25) is 0 Å². The Hall–Kier alpha value is -1.26. The molecule has 5 heteroatoms. The first kappa shape index (κ1) is 22.7. The molecule has 0 aliphatic rings. The van der Waals surface area contributed by atoms with Gasteiger partial charge in [0.25, 0.3) is 0 Å². The molecule has 0 fully saturated rings. The number of carboxylic acid groups (broad SMARTS) is 2. The van der Waals surface area contributed by atoms with Crippen molar-refractivity contribution in [2.75, 3.05) is 0 Å². The highest BCUT2D eigenvalue weighted by Gasteiger charge is 2.20. The molecule has 2 N–H and O–H groups in total. The molecule has 0 heterocycles. The van der Waals surface area contributed by atoms with E-state index in [1.165, 1.54) is 70.6 Å². The maximum atomic E-state index is 10.8.